The molecule has 0 saturated heterocycles. The van der Waals surface area contributed by atoms with Crippen molar-refractivity contribution in [1.29, 1.82) is 0 Å². The van der Waals surface area contributed by atoms with Gasteiger partial charge in [-0.15, -0.1) is 5.10 Å². The van der Waals surface area contributed by atoms with Crippen molar-refractivity contribution in [2.45, 2.75) is 6.54 Å². The fourth-order valence-corrected chi connectivity index (χ4v) is 1.54. The number of amides is 1. The Hall–Kier alpha value is -1.81. The Bertz CT molecular complexity index is 646. The molecule has 0 radical (unpaired) electrons. The molecule has 9 nitrogen and oxygen atoms in total. The van der Waals surface area contributed by atoms with E-state index in [0.717, 1.165) is 4.40 Å². The molecule has 2 rings (SSSR count). The molecule has 0 fully saturated rings. The van der Waals surface area contributed by atoms with E-state index in [0.29, 0.717) is 13.1 Å². The van der Waals surface area contributed by atoms with E-state index in [1.165, 1.54) is 11.0 Å². The first kappa shape index (κ1) is 12.6. The van der Waals surface area contributed by atoms with Crippen molar-refractivity contribution < 1.29 is 4.79 Å². The first-order valence-corrected chi connectivity index (χ1v) is 5.69. The van der Waals surface area contributed by atoms with Crippen LogP contribution in [-0.4, -0.2) is 47.8 Å². The monoisotopic (exact) mass is 315 g/mol. The molecule has 0 aromatic carbocycles. The van der Waals surface area contributed by atoms with Crippen LogP contribution in [0.25, 0.3) is 5.65 Å². The quantitative estimate of drug-likeness (QED) is 0.696. The van der Waals surface area contributed by atoms with E-state index in [2.05, 4.69) is 31.4 Å². The molecule has 2 aromatic rings. The maximum Gasteiger partial charge on any atom is 0.353 e. The molecule has 0 bridgehead atoms. The van der Waals surface area contributed by atoms with Crippen molar-refractivity contribution >= 4 is 27.7 Å². The normalized spacial score (nSPS) is 11.3. The van der Waals surface area contributed by atoms with Gasteiger partial charge in [-0.1, -0.05) is 5.21 Å². The number of halogens is 1. The zero-order valence-electron chi connectivity index (χ0n) is 9.45. The summed E-state index contributed by atoms with van der Waals surface area (Å²) >= 11 is 3.22. The van der Waals surface area contributed by atoms with Gasteiger partial charge in [-0.25, -0.2) is 18.1 Å². The predicted octanol–water partition coefficient (Wildman–Crippen LogP) is -1.37. The highest BCUT2D eigenvalue weighted by Gasteiger charge is 2.14. The number of nitrogens with two attached hydrogens (primary N) is 1. The minimum Gasteiger partial charge on any atom is -0.364 e. The molecule has 96 valence electrons. The lowest BCUT2D eigenvalue weighted by molar-refractivity contribution is 0.0997. The van der Waals surface area contributed by atoms with Crippen LogP contribution < -0.4 is 11.4 Å². The first-order chi connectivity index (χ1) is 8.50. The van der Waals surface area contributed by atoms with Crippen LogP contribution in [0.1, 0.15) is 10.5 Å². The SMILES string of the molecule is CN(Br)CCn1nnc2c(C(N)=O)ncn2c1=O. The highest BCUT2D eigenvalue weighted by molar-refractivity contribution is 9.07. The van der Waals surface area contributed by atoms with Crippen molar-refractivity contribution in [3.8, 4) is 0 Å². The number of likely N-dealkylation sites (N-methyl/N-ethyl adjacent to an activating group) is 1. The summed E-state index contributed by atoms with van der Waals surface area (Å²) in [7, 11) is 1.80. The second-order valence-corrected chi connectivity index (χ2v) is 4.79. The van der Waals surface area contributed by atoms with Crippen molar-refractivity contribution in [1.82, 2.24) is 28.3 Å². The summed E-state index contributed by atoms with van der Waals surface area (Å²) < 4.78 is 4.05. The first-order valence-electron chi connectivity index (χ1n) is 4.98. The van der Waals surface area contributed by atoms with Crippen LogP contribution in [0, 0.1) is 0 Å². The van der Waals surface area contributed by atoms with E-state index in [9.17, 15) is 9.59 Å². The molecule has 0 aliphatic rings. The average Bonchev–Trinajstić information content (AvgIpc) is 2.72. The van der Waals surface area contributed by atoms with Crippen molar-refractivity contribution in [2.24, 2.45) is 5.73 Å². The Morgan fingerprint density at radius 2 is 2.33 bits per heavy atom. The van der Waals surface area contributed by atoms with E-state index >= 15 is 0 Å². The van der Waals surface area contributed by atoms with E-state index in [4.69, 9.17) is 5.73 Å². The number of aromatic nitrogens is 5. The maximum atomic E-state index is 12.0. The molecule has 2 aromatic heterocycles. The number of carbonyl (C=O) groups excluding carboxylic acids is 1. The van der Waals surface area contributed by atoms with Crippen LogP contribution >= 0.6 is 16.1 Å². The molecule has 0 saturated carbocycles. The molecular formula is C8H10BrN7O2. The van der Waals surface area contributed by atoms with Crippen LogP contribution in [0.15, 0.2) is 11.1 Å². The van der Waals surface area contributed by atoms with Gasteiger partial charge in [0, 0.05) is 22.7 Å². The van der Waals surface area contributed by atoms with Gasteiger partial charge in [0.1, 0.15) is 6.33 Å². The van der Waals surface area contributed by atoms with Crippen LogP contribution in [0.2, 0.25) is 0 Å². The second-order valence-electron chi connectivity index (χ2n) is 3.57. The van der Waals surface area contributed by atoms with Gasteiger partial charge in [-0.2, -0.15) is 4.68 Å². The second kappa shape index (κ2) is 4.82. The minimum absolute atomic E-state index is 0.0654. The van der Waals surface area contributed by atoms with E-state index < -0.39 is 11.6 Å². The molecule has 0 spiro atoms. The average molecular weight is 316 g/mol. The van der Waals surface area contributed by atoms with Gasteiger partial charge in [0.15, 0.2) is 11.3 Å². The van der Waals surface area contributed by atoms with Gasteiger partial charge in [-0.3, -0.25) is 4.79 Å². The molecule has 1 amide bonds. The zero-order chi connectivity index (χ0) is 13.3. The Labute approximate surface area is 110 Å². The van der Waals surface area contributed by atoms with Gasteiger partial charge in [0.05, 0.1) is 6.54 Å². The highest BCUT2D eigenvalue weighted by Crippen LogP contribution is 2.01. The van der Waals surface area contributed by atoms with E-state index in [-0.39, 0.29) is 11.3 Å². The summed E-state index contributed by atoms with van der Waals surface area (Å²) in [6, 6.07) is 0. The highest BCUT2D eigenvalue weighted by atomic mass is 79.9. The number of primary amides is 1. The topological polar surface area (TPSA) is 111 Å². The molecule has 10 heteroatoms. The van der Waals surface area contributed by atoms with Crippen LogP contribution in [-0.2, 0) is 6.54 Å². The number of rotatable bonds is 4. The minimum atomic E-state index is -0.746. The van der Waals surface area contributed by atoms with Crippen LogP contribution in [0.4, 0.5) is 0 Å². The Morgan fingerprint density at radius 1 is 1.61 bits per heavy atom. The number of imidazole rings is 1. The van der Waals surface area contributed by atoms with E-state index in [1.807, 2.05) is 0 Å². The van der Waals surface area contributed by atoms with Crippen molar-refractivity contribution in [3.63, 3.8) is 0 Å². The fraction of sp³-hybridized carbons (Fsp3) is 0.375. The summed E-state index contributed by atoms with van der Waals surface area (Å²) in [6.07, 6.45) is 1.21. The molecule has 0 aliphatic carbocycles. The summed E-state index contributed by atoms with van der Waals surface area (Å²) in [4.78, 5) is 26.8. The Kier molecular flexibility index (Phi) is 3.39. The standard InChI is InChI=1S/C8H10BrN7O2/c1-14(9)2-3-16-8(18)15-4-11-5(6(10)17)7(15)12-13-16/h4H,2-3H2,1H3,(H2,10,17). The molecule has 18 heavy (non-hydrogen) atoms. The summed E-state index contributed by atoms with van der Waals surface area (Å²) in [6.45, 7) is 0.922. The number of carbonyl (C=O) groups is 1. The Balaban J connectivity index is 2.46. The number of nitrogens with zero attached hydrogens (tertiary/aromatic N) is 6. The molecule has 0 atom stereocenters. The molecular weight excluding hydrogens is 306 g/mol. The lowest BCUT2D eigenvalue weighted by Gasteiger charge is -2.07. The lowest BCUT2D eigenvalue weighted by atomic mass is 10.4. The summed E-state index contributed by atoms with van der Waals surface area (Å²) in [5.74, 6) is -0.746. The molecule has 0 unspecified atom stereocenters. The fourth-order valence-electron chi connectivity index (χ4n) is 1.38. The smallest absolute Gasteiger partial charge is 0.353 e. The molecule has 0 aliphatic heterocycles. The number of hydrogen-bond acceptors (Lipinski definition) is 6. The third-order valence-corrected chi connectivity index (χ3v) is 2.62. The summed E-state index contributed by atoms with van der Waals surface area (Å²) in [5.41, 5.74) is 4.68. The summed E-state index contributed by atoms with van der Waals surface area (Å²) in [5, 5.41) is 7.51. The number of fused-ring (bicyclic) bond motifs is 1. The molecule has 2 heterocycles. The van der Waals surface area contributed by atoms with Crippen LogP contribution in [0.5, 0.6) is 0 Å². The predicted molar refractivity (Wildman–Crippen MR) is 65.1 cm³/mol. The van der Waals surface area contributed by atoms with Crippen molar-refractivity contribution in [3.05, 3.63) is 22.5 Å². The van der Waals surface area contributed by atoms with Gasteiger partial charge in [0.2, 0.25) is 0 Å². The third-order valence-electron chi connectivity index (χ3n) is 2.27. The number of hydrogen-bond donors (Lipinski definition) is 1. The maximum absolute atomic E-state index is 12.0. The lowest BCUT2D eigenvalue weighted by Crippen LogP contribution is -2.32. The van der Waals surface area contributed by atoms with Crippen molar-refractivity contribution in [2.75, 3.05) is 13.6 Å². The largest absolute Gasteiger partial charge is 0.364 e. The third kappa shape index (κ3) is 2.24. The Morgan fingerprint density at radius 3 is 2.94 bits per heavy atom. The van der Waals surface area contributed by atoms with Gasteiger partial charge in [0.25, 0.3) is 5.91 Å². The van der Waals surface area contributed by atoms with Crippen LogP contribution in [0.3, 0.4) is 0 Å². The van der Waals surface area contributed by atoms with E-state index in [1.54, 1.807) is 11.0 Å². The van der Waals surface area contributed by atoms with Gasteiger partial charge in [-0.05, 0) is 7.05 Å². The molecule has 2 N–H and O–H groups in total. The van der Waals surface area contributed by atoms with Gasteiger partial charge >= 0.3 is 5.69 Å². The zero-order valence-corrected chi connectivity index (χ0v) is 11.0. The van der Waals surface area contributed by atoms with Gasteiger partial charge < -0.3 is 5.73 Å².